The van der Waals surface area contributed by atoms with Crippen LogP contribution in [0.15, 0.2) is 102 Å². The molecule has 0 heterocycles. The first kappa shape index (κ1) is 17.3. The van der Waals surface area contributed by atoms with Crippen molar-refractivity contribution in [2.45, 2.75) is 24.5 Å². The first-order valence-corrected chi connectivity index (χ1v) is 9.80. The Bertz CT molecular complexity index is 775. The van der Waals surface area contributed by atoms with Crippen molar-refractivity contribution < 1.29 is 4.74 Å². The molecule has 0 fully saturated rings. The third-order valence-corrected chi connectivity index (χ3v) is 5.77. The van der Waals surface area contributed by atoms with Gasteiger partial charge in [0.05, 0.1) is 6.10 Å². The summed E-state index contributed by atoms with van der Waals surface area (Å²) in [7, 11) is 0. The molecule has 3 aromatic rings. The van der Waals surface area contributed by atoms with Crippen LogP contribution in [0.3, 0.4) is 0 Å². The number of halogens is 1. The second kappa shape index (κ2) is 7.61. The fourth-order valence-electron chi connectivity index (χ4n) is 3.69. The molecule has 130 valence electrons. The lowest BCUT2D eigenvalue weighted by molar-refractivity contribution is -0.0252. The lowest BCUT2D eigenvalue weighted by Crippen LogP contribution is -2.36. The molecular weight excluding hydrogens is 384 g/mol. The fourth-order valence-corrected chi connectivity index (χ4v) is 4.24. The molecule has 2 heteroatoms. The van der Waals surface area contributed by atoms with Crippen molar-refractivity contribution in [1.82, 2.24) is 0 Å². The van der Waals surface area contributed by atoms with E-state index >= 15 is 0 Å². The third kappa shape index (κ3) is 3.15. The predicted octanol–water partition coefficient (Wildman–Crippen LogP) is 6.44. The van der Waals surface area contributed by atoms with Gasteiger partial charge < -0.3 is 4.74 Å². The summed E-state index contributed by atoms with van der Waals surface area (Å²) in [4.78, 5) is 0. The van der Waals surface area contributed by atoms with Crippen LogP contribution < -0.4 is 0 Å². The predicted molar refractivity (Wildman–Crippen MR) is 110 cm³/mol. The van der Waals surface area contributed by atoms with Crippen LogP contribution in [-0.4, -0.2) is 6.10 Å². The summed E-state index contributed by atoms with van der Waals surface area (Å²) in [5.74, 6) is 0. The Morgan fingerprint density at radius 2 is 1.12 bits per heavy atom. The van der Waals surface area contributed by atoms with Gasteiger partial charge >= 0.3 is 0 Å². The van der Waals surface area contributed by atoms with Gasteiger partial charge in [0.2, 0.25) is 0 Å². The van der Waals surface area contributed by atoms with Gasteiger partial charge in [-0.2, -0.15) is 0 Å². The van der Waals surface area contributed by atoms with Gasteiger partial charge in [-0.25, -0.2) is 0 Å². The molecule has 0 amide bonds. The number of hydrogen-bond acceptors (Lipinski definition) is 1. The second-order valence-electron chi connectivity index (χ2n) is 6.55. The van der Waals surface area contributed by atoms with Gasteiger partial charge in [0.15, 0.2) is 0 Å². The maximum absolute atomic E-state index is 6.95. The molecule has 0 spiro atoms. The molecule has 3 aromatic carbocycles. The van der Waals surface area contributed by atoms with E-state index in [2.05, 4.69) is 113 Å². The van der Waals surface area contributed by atoms with E-state index in [1.54, 1.807) is 0 Å². The Morgan fingerprint density at radius 3 is 1.46 bits per heavy atom. The van der Waals surface area contributed by atoms with Gasteiger partial charge in [-0.3, -0.25) is 0 Å². The zero-order valence-corrected chi connectivity index (χ0v) is 16.1. The molecule has 0 N–H and O–H groups in total. The molecule has 1 aliphatic carbocycles. The molecule has 0 aromatic heterocycles. The van der Waals surface area contributed by atoms with Crippen molar-refractivity contribution in [3.8, 4) is 0 Å². The maximum atomic E-state index is 6.95. The van der Waals surface area contributed by atoms with Crippen LogP contribution in [0.2, 0.25) is 0 Å². The molecule has 0 aliphatic heterocycles. The van der Waals surface area contributed by atoms with Gasteiger partial charge in [-0.1, -0.05) is 113 Å². The monoisotopic (exact) mass is 404 g/mol. The number of benzene rings is 3. The van der Waals surface area contributed by atoms with E-state index in [0.717, 1.165) is 34.0 Å². The smallest absolute Gasteiger partial charge is 0.144 e. The van der Waals surface area contributed by atoms with Crippen molar-refractivity contribution in [3.05, 3.63) is 118 Å². The molecule has 1 unspecified atom stereocenters. The summed E-state index contributed by atoms with van der Waals surface area (Å²) in [6, 6.07) is 31.6. The van der Waals surface area contributed by atoms with Gasteiger partial charge in [0, 0.05) is 4.48 Å². The Balaban J connectivity index is 1.95. The first-order chi connectivity index (χ1) is 12.8. The normalized spacial score (nSPS) is 17.1. The van der Waals surface area contributed by atoms with Crippen molar-refractivity contribution in [2.75, 3.05) is 0 Å². The van der Waals surface area contributed by atoms with Gasteiger partial charge in [0.25, 0.3) is 0 Å². The number of rotatable bonds is 5. The number of hydrogen-bond donors (Lipinski definition) is 0. The fraction of sp³-hybridized carbons (Fsp3) is 0.167. The van der Waals surface area contributed by atoms with Crippen molar-refractivity contribution in [2.24, 2.45) is 0 Å². The molecular formula is C24H21BrO. The quantitative estimate of drug-likeness (QED) is 0.444. The zero-order chi connectivity index (χ0) is 17.8. The average Bonchev–Trinajstić information content (AvgIpc) is 3.12. The number of allylic oxidation sites excluding steroid dienone is 1. The Morgan fingerprint density at radius 1 is 0.692 bits per heavy atom. The highest BCUT2D eigenvalue weighted by atomic mass is 79.9. The van der Waals surface area contributed by atoms with E-state index in [9.17, 15) is 0 Å². The van der Waals surface area contributed by atoms with E-state index in [1.165, 1.54) is 0 Å². The van der Waals surface area contributed by atoms with Gasteiger partial charge in [-0.15, -0.1) is 0 Å². The highest BCUT2D eigenvalue weighted by Crippen LogP contribution is 2.44. The largest absolute Gasteiger partial charge is 0.352 e. The van der Waals surface area contributed by atoms with E-state index in [-0.39, 0.29) is 6.10 Å². The second-order valence-corrected chi connectivity index (χ2v) is 7.47. The van der Waals surface area contributed by atoms with Crippen LogP contribution >= 0.6 is 15.9 Å². The van der Waals surface area contributed by atoms with Crippen molar-refractivity contribution in [3.63, 3.8) is 0 Å². The van der Waals surface area contributed by atoms with Crippen LogP contribution in [-0.2, 0) is 10.3 Å². The molecule has 1 nitrogen and oxygen atoms in total. The standard InChI is InChI=1S/C24H21BrO/c25-22-17-10-18-23(22)26-24(19-11-4-1-5-12-19,20-13-6-2-7-14-20)21-15-8-3-9-16-21/h1-9,11-17,23H,10,18H2. The van der Waals surface area contributed by atoms with Crippen LogP contribution in [0, 0.1) is 0 Å². The van der Waals surface area contributed by atoms with Crippen molar-refractivity contribution >= 4 is 15.9 Å². The minimum Gasteiger partial charge on any atom is -0.352 e. The van der Waals surface area contributed by atoms with Crippen LogP contribution in [0.5, 0.6) is 0 Å². The van der Waals surface area contributed by atoms with Crippen LogP contribution in [0.4, 0.5) is 0 Å². The van der Waals surface area contributed by atoms with Gasteiger partial charge in [0.1, 0.15) is 5.60 Å². The molecule has 1 atom stereocenters. The lowest BCUT2D eigenvalue weighted by atomic mass is 9.80. The van der Waals surface area contributed by atoms with Crippen molar-refractivity contribution in [1.29, 1.82) is 0 Å². The summed E-state index contributed by atoms with van der Waals surface area (Å²) in [5, 5.41) is 0. The SMILES string of the molecule is BrC1=CCCC1OC(c1ccccc1)(c1ccccc1)c1ccccc1. The molecule has 0 bridgehead atoms. The molecule has 0 radical (unpaired) electrons. The molecule has 26 heavy (non-hydrogen) atoms. The van der Waals surface area contributed by atoms with E-state index in [1.807, 2.05) is 0 Å². The minimum absolute atomic E-state index is 0.0515. The summed E-state index contributed by atoms with van der Waals surface area (Å²) in [5.41, 5.74) is 2.78. The first-order valence-electron chi connectivity index (χ1n) is 9.00. The van der Waals surface area contributed by atoms with Crippen LogP contribution in [0.1, 0.15) is 29.5 Å². The average molecular weight is 405 g/mol. The lowest BCUT2D eigenvalue weighted by Gasteiger charge is -2.38. The molecule has 0 saturated carbocycles. The summed E-state index contributed by atoms with van der Waals surface area (Å²) in [6.07, 6.45) is 4.31. The number of ether oxygens (including phenoxy) is 1. The summed E-state index contributed by atoms with van der Waals surface area (Å²) < 4.78 is 8.10. The third-order valence-electron chi connectivity index (χ3n) is 4.94. The maximum Gasteiger partial charge on any atom is 0.144 e. The highest BCUT2D eigenvalue weighted by molar-refractivity contribution is 9.11. The Kier molecular flexibility index (Phi) is 5.05. The van der Waals surface area contributed by atoms with E-state index < -0.39 is 5.60 Å². The topological polar surface area (TPSA) is 9.23 Å². The summed E-state index contributed by atoms with van der Waals surface area (Å²) in [6.45, 7) is 0. The van der Waals surface area contributed by atoms with E-state index in [0.29, 0.717) is 0 Å². The van der Waals surface area contributed by atoms with E-state index in [4.69, 9.17) is 4.74 Å². The highest BCUT2D eigenvalue weighted by Gasteiger charge is 2.40. The minimum atomic E-state index is -0.647. The Hall–Kier alpha value is -2.16. The van der Waals surface area contributed by atoms with Crippen LogP contribution in [0.25, 0.3) is 0 Å². The molecule has 0 saturated heterocycles. The zero-order valence-electron chi connectivity index (χ0n) is 14.5. The molecule has 1 aliphatic rings. The molecule has 4 rings (SSSR count). The Labute approximate surface area is 163 Å². The van der Waals surface area contributed by atoms with Gasteiger partial charge in [-0.05, 0) is 29.5 Å². The summed E-state index contributed by atoms with van der Waals surface area (Å²) >= 11 is 3.71.